The summed E-state index contributed by atoms with van der Waals surface area (Å²) in [6, 6.07) is 2.21. The molecule has 1 unspecified atom stereocenters. The van der Waals surface area contributed by atoms with Gasteiger partial charge in [0.15, 0.2) is 11.5 Å². The van der Waals surface area contributed by atoms with Crippen LogP contribution in [0.15, 0.2) is 40.8 Å². The van der Waals surface area contributed by atoms with Crippen molar-refractivity contribution in [2.45, 2.75) is 63.6 Å². The van der Waals surface area contributed by atoms with Crippen LogP contribution in [0, 0.1) is 0 Å². The SMILES string of the molecule is C/C=C(\CC)c1cc2c(s1)CN(C1C=C(OC)C(OCC3(O)CC(F)(F)C3)=CC1)C=N2. The first-order valence-electron chi connectivity index (χ1n) is 10.5. The number of allylic oxidation sites excluding steroid dienone is 2. The number of thiophene rings is 1. The molecule has 1 aromatic heterocycles. The second-order valence-electron chi connectivity index (χ2n) is 8.33. The molecule has 31 heavy (non-hydrogen) atoms. The summed E-state index contributed by atoms with van der Waals surface area (Å²) in [6.45, 7) is 4.81. The lowest BCUT2D eigenvalue weighted by Crippen LogP contribution is -2.54. The Kier molecular flexibility index (Phi) is 5.96. The fourth-order valence-electron chi connectivity index (χ4n) is 4.27. The number of fused-ring (bicyclic) bond motifs is 1. The van der Waals surface area contributed by atoms with Crippen LogP contribution >= 0.6 is 11.3 Å². The quantitative estimate of drug-likeness (QED) is 0.604. The topological polar surface area (TPSA) is 54.3 Å². The van der Waals surface area contributed by atoms with Crippen LogP contribution in [0.5, 0.6) is 0 Å². The number of methoxy groups -OCH3 is 1. The lowest BCUT2D eigenvalue weighted by atomic mass is 9.77. The summed E-state index contributed by atoms with van der Waals surface area (Å²) >= 11 is 1.78. The molecule has 168 valence electrons. The van der Waals surface area contributed by atoms with Gasteiger partial charge in [-0.25, -0.2) is 13.8 Å². The zero-order valence-electron chi connectivity index (χ0n) is 18.0. The molecule has 0 spiro atoms. The van der Waals surface area contributed by atoms with Crippen LogP contribution in [-0.2, 0) is 16.0 Å². The molecular formula is C23H28F2N2O3S. The highest BCUT2D eigenvalue weighted by molar-refractivity contribution is 7.13. The maximum Gasteiger partial charge on any atom is 0.253 e. The van der Waals surface area contributed by atoms with Gasteiger partial charge >= 0.3 is 0 Å². The molecular weight excluding hydrogens is 422 g/mol. The van der Waals surface area contributed by atoms with Crippen LogP contribution in [0.2, 0.25) is 0 Å². The van der Waals surface area contributed by atoms with Crippen molar-refractivity contribution in [2.75, 3.05) is 13.7 Å². The van der Waals surface area contributed by atoms with Gasteiger partial charge in [0, 0.05) is 17.7 Å². The van der Waals surface area contributed by atoms with E-state index in [9.17, 15) is 13.9 Å². The highest BCUT2D eigenvalue weighted by Crippen LogP contribution is 2.46. The summed E-state index contributed by atoms with van der Waals surface area (Å²) in [6.07, 6.45) is 8.41. The third kappa shape index (κ3) is 4.55. The van der Waals surface area contributed by atoms with E-state index >= 15 is 0 Å². The zero-order chi connectivity index (χ0) is 22.2. The molecule has 1 aromatic rings. The molecule has 2 heterocycles. The lowest BCUT2D eigenvalue weighted by Gasteiger charge is -2.43. The molecule has 1 atom stereocenters. The third-order valence-electron chi connectivity index (χ3n) is 5.95. The van der Waals surface area contributed by atoms with E-state index < -0.39 is 24.4 Å². The van der Waals surface area contributed by atoms with Crippen LogP contribution in [0.1, 0.15) is 49.3 Å². The number of aliphatic imine (C=N–C) groups is 1. The number of alkyl halides is 2. The summed E-state index contributed by atoms with van der Waals surface area (Å²) < 4.78 is 37.3. The second kappa shape index (κ2) is 8.39. The standard InChI is InChI=1S/C23H28F2N2O3S/c1-4-15(5-2)20-9-17-21(31-20)10-27(14-26-17)16-6-7-18(19(8-16)29-3)30-13-22(28)11-23(24,25)12-22/h4,7-9,14,16,28H,5-6,10-13H2,1-3H3/b15-4+. The summed E-state index contributed by atoms with van der Waals surface area (Å²) in [4.78, 5) is 9.31. The van der Waals surface area contributed by atoms with Gasteiger partial charge in [0.1, 0.15) is 12.2 Å². The van der Waals surface area contributed by atoms with Crippen molar-refractivity contribution in [1.29, 1.82) is 0 Å². The van der Waals surface area contributed by atoms with Crippen molar-refractivity contribution in [3.63, 3.8) is 0 Å². The van der Waals surface area contributed by atoms with Gasteiger partial charge < -0.3 is 19.5 Å². The van der Waals surface area contributed by atoms with E-state index in [2.05, 4.69) is 35.9 Å². The van der Waals surface area contributed by atoms with Crippen molar-refractivity contribution < 1.29 is 23.4 Å². The van der Waals surface area contributed by atoms with Crippen molar-refractivity contribution in [1.82, 2.24) is 4.90 Å². The zero-order valence-corrected chi connectivity index (χ0v) is 18.8. The van der Waals surface area contributed by atoms with Gasteiger partial charge in [0.2, 0.25) is 0 Å². The molecule has 0 bridgehead atoms. The number of hydrogen-bond donors (Lipinski definition) is 1. The monoisotopic (exact) mass is 450 g/mol. The Balaban J connectivity index is 1.40. The van der Waals surface area contributed by atoms with Crippen LogP contribution in [0.25, 0.3) is 5.57 Å². The van der Waals surface area contributed by atoms with Crippen molar-refractivity contribution in [2.24, 2.45) is 4.99 Å². The molecule has 0 saturated heterocycles. The van der Waals surface area contributed by atoms with E-state index in [0.29, 0.717) is 17.9 Å². The average molecular weight is 451 g/mol. The second-order valence-corrected chi connectivity index (χ2v) is 9.47. The fourth-order valence-corrected chi connectivity index (χ4v) is 5.53. The summed E-state index contributed by atoms with van der Waals surface area (Å²) in [7, 11) is 1.55. The molecule has 1 fully saturated rings. The number of hydrogen-bond acceptors (Lipinski definition) is 6. The van der Waals surface area contributed by atoms with Gasteiger partial charge in [-0.3, -0.25) is 0 Å². The van der Waals surface area contributed by atoms with Crippen molar-refractivity contribution >= 4 is 28.9 Å². The van der Waals surface area contributed by atoms with Crippen LogP contribution < -0.4 is 0 Å². The smallest absolute Gasteiger partial charge is 0.253 e. The van der Waals surface area contributed by atoms with Crippen molar-refractivity contribution in [3.8, 4) is 0 Å². The first-order chi connectivity index (χ1) is 14.8. The Morgan fingerprint density at radius 2 is 2.16 bits per heavy atom. The van der Waals surface area contributed by atoms with E-state index in [1.807, 2.05) is 18.5 Å². The minimum atomic E-state index is -2.80. The van der Waals surface area contributed by atoms with E-state index in [1.54, 1.807) is 18.4 Å². The summed E-state index contributed by atoms with van der Waals surface area (Å²) in [5.74, 6) is -1.78. The lowest BCUT2D eigenvalue weighted by molar-refractivity contribution is -0.220. The Morgan fingerprint density at radius 3 is 2.81 bits per heavy atom. The van der Waals surface area contributed by atoms with Crippen LogP contribution in [0.3, 0.4) is 0 Å². The maximum atomic E-state index is 13.1. The molecule has 1 N–H and O–H groups in total. The minimum Gasteiger partial charge on any atom is -0.493 e. The van der Waals surface area contributed by atoms with Gasteiger partial charge in [0.25, 0.3) is 5.92 Å². The van der Waals surface area contributed by atoms with Gasteiger partial charge in [0.05, 0.1) is 36.6 Å². The highest BCUT2D eigenvalue weighted by atomic mass is 32.1. The first-order valence-corrected chi connectivity index (χ1v) is 11.3. The predicted octanol–water partition coefficient (Wildman–Crippen LogP) is 5.40. The van der Waals surface area contributed by atoms with Gasteiger partial charge in [-0.15, -0.1) is 11.3 Å². The van der Waals surface area contributed by atoms with Crippen LogP contribution in [-0.4, -0.2) is 47.6 Å². The van der Waals surface area contributed by atoms with Gasteiger partial charge in [-0.1, -0.05) is 13.0 Å². The molecule has 4 rings (SSSR count). The Bertz CT molecular complexity index is 956. The summed E-state index contributed by atoms with van der Waals surface area (Å²) in [5.41, 5.74) is 0.883. The molecule has 0 radical (unpaired) electrons. The van der Waals surface area contributed by atoms with E-state index in [0.717, 1.165) is 18.7 Å². The van der Waals surface area contributed by atoms with E-state index in [4.69, 9.17) is 9.47 Å². The number of halogens is 2. The van der Waals surface area contributed by atoms with Gasteiger partial charge in [-0.05, 0) is 43.6 Å². The molecule has 0 aromatic carbocycles. The molecule has 3 aliphatic rings. The number of rotatable bonds is 7. The van der Waals surface area contributed by atoms with Crippen LogP contribution in [0.4, 0.5) is 14.5 Å². The highest BCUT2D eigenvalue weighted by Gasteiger charge is 2.56. The molecule has 1 aliphatic heterocycles. The maximum absolute atomic E-state index is 13.1. The predicted molar refractivity (Wildman–Crippen MR) is 119 cm³/mol. The Hall–Kier alpha value is -2.19. The summed E-state index contributed by atoms with van der Waals surface area (Å²) in [5, 5.41) is 10.1. The molecule has 8 heteroatoms. The molecule has 0 amide bonds. The largest absolute Gasteiger partial charge is 0.493 e. The Labute approximate surface area is 185 Å². The minimum absolute atomic E-state index is 0.0493. The third-order valence-corrected chi connectivity index (χ3v) is 7.14. The number of nitrogens with zero attached hydrogens (tertiary/aromatic N) is 2. The van der Waals surface area contributed by atoms with Gasteiger partial charge in [-0.2, -0.15) is 0 Å². The molecule has 5 nitrogen and oxygen atoms in total. The van der Waals surface area contributed by atoms with Crippen molar-refractivity contribution in [3.05, 3.63) is 45.6 Å². The van der Waals surface area contributed by atoms with E-state index in [1.165, 1.54) is 15.3 Å². The molecule has 2 aliphatic carbocycles. The fraction of sp³-hybridized carbons (Fsp3) is 0.522. The average Bonchev–Trinajstić information content (AvgIpc) is 3.14. The first kappa shape index (κ1) is 22.0. The number of ether oxygens (including phenoxy) is 2. The normalized spacial score (nSPS) is 24.1. The Morgan fingerprint density at radius 1 is 1.39 bits per heavy atom. The number of aliphatic hydroxyl groups is 1. The van der Waals surface area contributed by atoms with E-state index in [-0.39, 0.29) is 12.6 Å². The molecule has 1 saturated carbocycles.